The predicted octanol–water partition coefficient (Wildman–Crippen LogP) is 4.09. The molecule has 0 aliphatic rings. The number of hydrogen-bond acceptors (Lipinski definition) is 2. The van der Waals surface area contributed by atoms with Crippen molar-refractivity contribution in [2.45, 2.75) is 0 Å². The van der Waals surface area contributed by atoms with Crippen molar-refractivity contribution in [3.05, 3.63) is 46.7 Å². The van der Waals surface area contributed by atoms with Crippen molar-refractivity contribution in [1.82, 2.24) is 9.97 Å². The quantitative estimate of drug-likeness (QED) is 0.561. The van der Waals surface area contributed by atoms with E-state index in [-0.39, 0.29) is 0 Å². The maximum atomic E-state index is 6.21. The van der Waals surface area contributed by atoms with Crippen molar-refractivity contribution in [2.24, 2.45) is 0 Å². The number of halogens is 2. The Morgan fingerprint density at radius 2 is 1.19 bits per heavy atom. The number of pyridine rings is 2. The highest BCUT2D eigenvalue weighted by Gasteiger charge is 2.12. The molecule has 2 nitrogen and oxygen atoms in total. The molecule has 0 N–H and O–H groups in total. The molecule has 0 amide bonds. The minimum absolute atomic E-state index is 0.533. The van der Waals surface area contributed by atoms with Gasteiger partial charge in [-0.3, -0.25) is 9.97 Å². The van der Waals surface area contributed by atoms with Crippen LogP contribution in [0.3, 0.4) is 0 Å². The highest BCUT2D eigenvalue weighted by atomic mass is 35.5. The summed E-state index contributed by atoms with van der Waals surface area (Å²) in [4.78, 5) is 8.61. The third-order valence-corrected chi connectivity index (χ3v) is 3.39. The number of fused-ring (bicyclic) bond motifs is 3. The highest BCUT2D eigenvalue weighted by Crippen LogP contribution is 2.36. The summed E-state index contributed by atoms with van der Waals surface area (Å²) in [5.41, 5.74) is 1.57. The molecule has 0 radical (unpaired) electrons. The third kappa shape index (κ3) is 1.27. The molecular formula is C12H6Cl2N2. The minimum atomic E-state index is 0.533. The van der Waals surface area contributed by atoms with Gasteiger partial charge >= 0.3 is 0 Å². The summed E-state index contributed by atoms with van der Waals surface area (Å²) in [5, 5.41) is 2.73. The second-order valence-corrected chi connectivity index (χ2v) is 4.18. The van der Waals surface area contributed by atoms with Gasteiger partial charge in [0.25, 0.3) is 0 Å². The lowest BCUT2D eigenvalue weighted by molar-refractivity contribution is 1.37. The molecule has 0 spiro atoms. The topological polar surface area (TPSA) is 25.8 Å². The monoisotopic (exact) mass is 248 g/mol. The molecule has 3 rings (SSSR count). The van der Waals surface area contributed by atoms with E-state index in [0.29, 0.717) is 10.0 Å². The van der Waals surface area contributed by atoms with Crippen LogP contribution in [0.2, 0.25) is 10.0 Å². The fraction of sp³-hybridized carbons (Fsp3) is 0. The molecule has 3 aromatic rings. The van der Waals surface area contributed by atoms with Crippen molar-refractivity contribution < 1.29 is 0 Å². The Bertz CT molecular complexity index is 634. The van der Waals surface area contributed by atoms with Crippen molar-refractivity contribution in [3.63, 3.8) is 0 Å². The lowest BCUT2D eigenvalue weighted by Gasteiger charge is -2.06. The summed E-state index contributed by atoms with van der Waals surface area (Å²) < 4.78 is 0. The first-order valence-electron chi connectivity index (χ1n) is 4.75. The Morgan fingerprint density at radius 3 is 1.62 bits per heavy atom. The van der Waals surface area contributed by atoms with Crippen LogP contribution in [0.1, 0.15) is 0 Å². The van der Waals surface area contributed by atoms with Crippen molar-refractivity contribution in [1.29, 1.82) is 0 Å². The molecule has 0 fully saturated rings. The molecule has 0 aliphatic heterocycles. The van der Waals surface area contributed by atoms with E-state index in [2.05, 4.69) is 9.97 Å². The van der Waals surface area contributed by atoms with Gasteiger partial charge in [0.2, 0.25) is 0 Å². The lowest BCUT2D eigenvalue weighted by atomic mass is 10.1. The van der Waals surface area contributed by atoms with Gasteiger partial charge in [-0.25, -0.2) is 0 Å². The van der Waals surface area contributed by atoms with Gasteiger partial charge in [0.1, 0.15) is 0 Å². The van der Waals surface area contributed by atoms with E-state index in [4.69, 9.17) is 23.2 Å². The van der Waals surface area contributed by atoms with Crippen LogP contribution in [0.15, 0.2) is 36.7 Å². The second kappa shape index (κ2) is 3.58. The molecule has 1 aromatic carbocycles. The average molecular weight is 249 g/mol. The summed E-state index contributed by atoms with van der Waals surface area (Å²) >= 11 is 12.4. The zero-order valence-electron chi connectivity index (χ0n) is 8.11. The van der Waals surface area contributed by atoms with E-state index in [0.717, 1.165) is 21.8 Å². The van der Waals surface area contributed by atoms with Gasteiger partial charge in [-0.15, -0.1) is 0 Å². The van der Waals surface area contributed by atoms with Crippen molar-refractivity contribution in [3.8, 4) is 0 Å². The first-order valence-corrected chi connectivity index (χ1v) is 5.51. The fourth-order valence-electron chi connectivity index (χ4n) is 1.78. The third-order valence-electron chi connectivity index (χ3n) is 2.51. The molecule has 2 aromatic heterocycles. The fourth-order valence-corrected chi connectivity index (χ4v) is 2.29. The maximum absolute atomic E-state index is 6.21. The van der Waals surface area contributed by atoms with Crippen LogP contribution in [0.25, 0.3) is 21.8 Å². The van der Waals surface area contributed by atoms with E-state index in [1.165, 1.54) is 0 Å². The van der Waals surface area contributed by atoms with Gasteiger partial charge in [-0.2, -0.15) is 0 Å². The van der Waals surface area contributed by atoms with Crippen molar-refractivity contribution >= 4 is 45.0 Å². The Labute approximate surface area is 102 Å². The van der Waals surface area contributed by atoms with E-state index < -0.39 is 0 Å². The van der Waals surface area contributed by atoms with Crippen LogP contribution in [0.5, 0.6) is 0 Å². The number of nitrogens with zero attached hydrogens (tertiary/aromatic N) is 2. The van der Waals surface area contributed by atoms with E-state index in [1.54, 1.807) is 12.4 Å². The van der Waals surface area contributed by atoms with Crippen LogP contribution in [-0.2, 0) is 0 Å². The molecule has 2 heterocycles. The summed E-state index contributed by atoms with van der Waals surface area (Å²) in [6, 6.07) is 7.45. The molecule has 0 unspecified atom stereocenters. The zero-order chi connectivity index (χ0) is 11.1. The first-order chi connectivity index (χ1) is 7.79. The van der Waals surface area contributed by atoms with E-state index in [1.807, 2.05) is 24.3 Å². The largest absolute Gasteiger partial charge is 0.254 e. The van der Waals surface area contributed by atoms with Gasteiger partial charge in [-0.1, -0.05) is 23.2 Å². The normalized spacial score (nSPS) is 11.1. The van der Waals surface area contributed by atoms with Gasteiger partial charge in [0.05, 0.1) is 21.1 Å². The second-order valence-electron chi connectivity index (χ2n) is 3.43. The Kier molecular flexibility index (Phi) is 2.20. The average Bonchev–Trinajstić information content (AvgIpc) is 2.36. The van der Waals surface area contributed by atoms with Crippen molar-refractivity contribution in [2.75, 3.05) is 0 Å². The molecule has 16 heavy (non-hydrogen) atoms. The van der Waals surface area contributed by atoms with Crippen LogP contribution in [-0.4, -0.2) is 9.97 Å². The predicted molar refractivity (Wildman–Crippen MR) is 67.1 cm³/mol. The van der Waals surface area contributed by atoms with Gasteiger partial charge in [0, 0.05) is 23.2 Å². The number of hydrogen-bond donors (Lipinski definition) is 0. The molecule has 78 valence electrons. The van der Waals surface area contributed by atoms with E-state index >= 15 is 0 Å². The van der Waals surface area contributed by atoms with Gasteiger partial charge in [0.15, 0.2) is 0 Å². The van der Waals surface area contributed by atoms with E-state index in [9.17, 15) is 0 Å². The lowest BCUT2D eigenvalue weighted by Crippen LogP contribution is -1.86. The molecule has 4 heteroatoms. The van der Waals surface area contributed by atoms with Gasteiger partial charge in [-0.05, 0) is 24.3 Å². The minimum Gasteiger partial charge on any atom is -0.254 e. The maximum Gasteiger partial charge on any atom is 0.0980 e. The standard InChI is InChI=1S/C12H6Cl2N2/c13-9-7-3-1-5-15-11(7)12-8(10(9)14)4-2-6-16-12/h1-6H. The summed E-state index contributed by atoms with van der Waals surface area (Å²) in [5.74, 6) is 0. The Morgan fingerprint density at radius 1 is 0.750 bits per heavy atom. The van der Waals surface area contributed by atoms with Crippen LogP contribution in [0, 0.1) is 0 Å². The summed E-state index contributed by atoms with van der Waals surface area (Å²) in [6.07, 6.45) is 3.45. The van der Waals surface area contributed by atoms with Crippen LogP contribution >= 0.6 is 23.2 Å². The number of benzene rings is 1. The SMILES string of the molecule is Clc1c(Cl)c2cccnc2c2ncccc12. The van der Waals surface area contributed by atoms with Crippen LogP contribution < -0.4 is 0 Å². The molecule has 0 saturated carbocycles. The van der Waals surface area contributed by atoms with Crippen LogP contribution in [0.4, 0.5) is 0 Å². The summed E-state index contributed by atoms with van der Waals surface area (Å²) in [7, 11) is 0. The molecule has 0 bridgehead atoms. The van der Waals surface area contributed by atoms with Gasteiger partial charge < -0.3 is 0 Å². The molecule has 0 atom stereocenters. The Hall–Kier alpha value is -1.38. The number of rotatable bonds is 0. The zero-order valence-corrected chi connectivity index (χ0v) is 9.63. The molecule has 0 saturated heterocycles. The molecule has 0 aliphatic carbocycles. The highest BCUT2D eigenvalue weighted by molar-refractivity contribution is 6.49. The summed E-state index contributed by atoms with van der Waals surface area (Å²) in [6.45, 7) is 0. The number of aromatic nitrogens is 2. The first kappa shape index (κ1) is 9.82. The Balaban J connectivity index is 2.69. The smallest absolute Gasteiger partial charge is 0.0980 e. The molecular weight excluding hydrogens is 243 g/mol.